The van der Waals surface area contributed by atoms with Crippen molar-refractivity contribution in [3.8, 4) is 0 Å². The number of benzene rings is 3. The fourth-order valence-electron chi connectivity index (χ4n) is 4.01. The molecule has 10 heteroatoms. The molecule has 0 spiro atoms. The Morgan fingerprint density at radius 1 is 0.947 bits per heavy atom. The standard InChI is InChI=1S/C28H31ClN4O3S2/c1-5-32(6-2)15-16-33(28-30-25-17-19(3)20(4)18-26(25)37-28)27(34)21-7-11-23(12-8-21)31-38(35,36)24-13-9-22(29)10-14-24/h7-14,17-18,31H,5-6,15-16H2,1-4H3. The number of aromatic nitrogens is 1. The number of carbonyl (C=O) groups excluding carboxylic acids is 1. The Morgan fingerprint density at radius 2 is 1.58 bits per heavy atom. The molecule has 0 aliphatic heterocycles. The lowest BCUT2D eigenvalue weighted by molar-refractivity contribution is 0.0984. The van der Waals surface area contributed by atoms with Gasteiger partial charge >= 0.3 is 0 Å². The summed E-state index contributed by atoms with van der Waals surface area (Å²) in [6.07, 6.45) is 0. The number of halogens is 1. The molecule has 3 aromatic carbocycles. The molecule has 200 valence electrons. The molecule has 0 unspecified atom stereocenters. The highest BCUT2D eigenvalue weighted by molar-refractivity contribution is 7.92. The maximum atomic E-state index is 13.7. The topological polar surface area (TPSA) is 82.6 Å². The molecule has 0 fully saturated rings. The molecule has 0 bridgehead atoms. The van der Waals surface area contributed by atoms with Gasteiger partial charge in [-0.2, -0.15) is 0 Å². The van der Waals surface area contributed by atoms with E-state index in [0.717, 1.165) is 28.9 Å². The Balaban J connectivity index is 1.60. The van der Waals surface area contributed by atoms with Crippen molar-refractivity contribution in [1.82, 2.24) is 9.88 Å². The summed E-state index contributed by atoms with van der Waals surface area (Å²) in [4.78, 5) is 22.6. The molecule has 0 radical (unpaired) electrons. The number of anilines is 2. The van der Waals surface area contributed by atoms with Crippen molar-refractivity contribution < 1.29 is 13.2 Å². The number of fused-ring (bicyclic) bond motifs is 1. The summed E-state index contributed by atoms with van der Waals surface area (Å²) in [5.74, 6) is -0.184. The zero-order valence-electron chi connectivity index (χ0n) is 21.9. The van der Waals surface area contributed by atoms with E-state index in [1.807, 2.05) is 0 Å². The molecule has 4 aromatic rings. The highest BCUT2D eigenvalue weighted by atomic mass is 35.5. The van der Waals surface area contributed by atoms with Crippen LogP contribution in [0.25, 0.3) is 10.2 Å². The van der Waals surface area contributed by atoms with Gasteiger partial charge in [-0.1, -0.05) is 36.8 Å². The van der Waals surface area contributed by atoms with E-state index >= 15 is 0 Å². The number of hydrogen-bond donors (Lipinski definition) is 1. The van der Waals surface area contributed by atoms with Crippen molar-refractivity contribution >= 4 is 59.9 Å². The van der Waals surface area contributed by atoms with Gasteiger partial charge in [-0.15, -0.1) is 0 Å². The van der Waals surface area contributed by atoms with Crippen molar-refractivity contribution in [2.24, 2.45) is 0 Å². The number of carbonyl (C=O) groups is 1. The minimum Gasteiger partial charge on any atom is -0.302 e. The Labute approximate surface area is 233 Å². The van der Waals surface area contributed by atoms with Gasteiger partial charge < -0.3 is 4.90 Å². The van der Waals surface area contributed by atoms with Crippen LogP contribution in [-0.2, 0) is 10.0 Å². The third-order valence-corrected chi connectivity index (χ3v) is 9.20. The largest absolute Gasteiger partial charge is 0.302 e. The summed E-state index contributed by atoms with van der Waals surface area (Å²) in [5.41, 5.74) is 4.03. The molecular formula is C28H31ClN4O3S2. The Kier molecular flexibility index (Phi) is 8.72. The molecule has 0 aliphatic rings. The quantitative estimate of drug-likeness (QED) is 0.240. The Hall–Kier alpha value is -2.98. The SMILES string of the molecule is CCN(CC)CCN(C(=O)c1ccc(NS(=O)(=O)c2ccc(Cl)cc2)cc1)c1nc2cc(C)c(C)cc2s1. The number of nitrogens with one attached hydrogen (secondary N) is 1. The Bertz CT molecular complexity index is 1490. The molecule has 1 amide bonds. The van der Waals surface area contributed by atoms with E-state index in [9.17, 15) is 13.2 Å². The van der Waals surface area contributed by atoms with E-state index in [1.54, 1.807) is 29.2 Å². The van der Waals surface area contributed by atoms with E-state index in [2.05, 4.69) is 49.4 Å². The summed E-state index contributed by atoms with van der Waals surface area (Å²) in [5, 5.41) is 1.10. The van der Waals surface area contributed by atoms with Gasteiger partial charge in [0.1, 0.15) is 0 Å². The van der Waals surface area contributed by atoms with Crippen LogP contribution in [0.4, 0.5) is 10.8 Å². The van der Waals surface area contributed by atoms with E-state index < -0.39 is 10.0 Å². The molecule has 1 aromatic heterocycles. The van der Waals surface area contributed by atoms with E-state index in [4.69, 9.17) is 16.6 Å². The summed E-state index contributed by atoms with van der Waals surface area (Å²) in [6, 6.07) is 16.5. The third-order valence-electron chi connectivity index (χ3n) is 6.51. The number of likely N-dealkylation sites (N-methyl/N-ethyl adjacent to an activating group) is 1. The van der Waals surface area contributed by atoms with Crippen LogP contribution in [0.15, 0.2) is 65.6 Å². The van der Waals surface area contributed by atoms with Crippen molar-refractivity contribution in [2.75, 3.05) is 35.8 Å². The molecule has 0 aliphatic carbocycles. The molecule has 1 N–H and O–H groups in total. The van der Waals surface area contributed by atoms with Gasteiger partial charge in [-0.3, -0.25) is 14.4 Å². The highest BCUT2D eigenvalue weighted by Gasteiger charge is 2.23. The number of rotatable bonds is 10. The number of aryl methyl sites for hydroxylation is 2. The molecule has 7 nitrogen and oxygen atoms in total. The lowest BCUT2D eigenvalue weighted by atomic mass is 10.1. The fraction of sp³-hybridized carbons (Fsp3) is 0.286. The van der Waals surface area contributed by atoms with Crippen LogP contribution in [0.2, 0.25) is 5.02 Å². The first-order valence-corrected chi connectivity index (χ1v) is 15.1. The van der Waals surface area contributed by atoms with Crippen LogP contribution < -0.4 is 9.62 Å². The van der Waals surface area contributed by atoms with Crippen LogP contribution >= 0.6 is 22.9 Å². The average Bonchev–Trinajstić information content (AvgIpc) is 3.29. The summed E-state index contributed by atoms with van der Waals surface area (Å²) in [7, 11) is -3.79. The average molecular weight is 571 g/mol. The first-order valence-electron chi connectivity index (χ1n) is 12.4. The highest BCUT2D eigenvalue weighted by Crippen LogP contribution is 2.32. The molecule has 1 heterocycles. The maximum Gasteiger partial charge on any atom is 0.261 e. The normalized spacial score (nSPS) is 11.7. The van der Waals surface area contributed by atoms with Crippen molar-refractivity contribution in [2.45, 2.75) is 32.6 Å². The lowest BCUT2D eigenvalue weighted by Gasteiger charge is -2.24. The minimum absolute atomic E-state index is 0.103. The van der Waals surface area contributed by atoms with Crippen molar-refractivity contribution in [1.29, 1.82) is 0 Å². The predicted molar refractivity (Wildman–Crippen MR) is 157 cm³/mol. The second kappa shape index (κ2) is 11.8. The van der Waals surface area contributed by atoms with Gasteiger partial charge in [-0.05, 0) is 98.7 Å². The summed E-state index contributed by atoms with van der Waals surface area (Å²) >= 11 is 7.38. The van der Waals surface area contributed by atoms with Gasteiger partial charge in [0.2, 0.25) is 0 Å². The third kappa shape index (κ3) is 6.35. The first kappa shape index (κ1) is 28.0. The van der Waals surface area contributed by atoms with Crippen LogP contribution in [0, 0.1) is 13.8 Å². The van der Waals surface area contributed by atoms with Gasteiger partial charge in [0, 0.05) is 29.4 Å². The maximum absolute atomic E-state index is 13.7. The van der Waals surface area contributed by atoms with E-state index in [0.29, 0.717) is 34.5 Å². The van der Waals surface area contributed by atoms with Crippen LogP contribution in [0.3, 0.4) is 0 Å². The van der Waals surface area contributed by atoms with Crippen molar-refractivity contribution in [3.63, 3.8) is 0 Å². The second-order valence-electron chi connectivity index (χ2n) is 9.02. The zero-order valence-corrected chi connectivity index (χ0v) is 24.3. The van der Waals surface area contributed by atoms with Gasteiger partial charge in [0.05, 0.1) is 15.1 Å². The number of sulfonamides is 1. The zero-order chi connectivity index (χ0) is 27.4. The van der Waals surface area contributed by atoms with Crippen LogP contribution in [0.1, 0.15) is 35.3 Å². The number of amides is 1. The predicted octanol–water partition coefficient (Wildman–Crippen LogP) is 6.36. The number of nitrogens with zero attached hydrogens (tertiary/aromatic N) is 3. The van der Waals surface area contributed by atoms with Gasteiger partial charge in [0.15, 0.2) is 5.13 Å². The molecular weight excluding hydrogens is 540 g/mol. The monoisotopic (exact) mass is 570 g/mol. The summed E-state index contributed by atoms with van der Waals surface area (Å²) < 4.78 is 29.0. The summed E-state index contributed by atoms with van der Waals surface area (Å²) in [6.45, 7) is 11.3. The second-order valence-corrected chi connectivity index (χ2v) is 12.1. The van der Waals surface area contributed by atoms with Gasteiger partial charge in [-0.25, -0.2) is 13.4 Å². The van der Waals surface area contributed by atoms with Crippen LogP contribution in [0.5, 0.6) is 0 Å². The molecule has 38 heavy (non-hydrogen) atoms. The molecule has 0 saturated heterocycles. The van der Waals surface area contributed by atoms with E-state index in [1.165, 1.54) is 41.2 Å². The van der Waals surface area contributed by atoms with Crippen molar-refractivity contribution in [3.05, 3.63) is 82.4 Å². The first-order chi connectivity index (χ1) is 18.1. The lowest BCUT2D eigenvalue weighted by Crippen LogP contribution is -2.38. The minimum atomic E-state index is -3.79. The molecule has 0 atom stereocenters. The fourth-order valence-corrected chi connectivity index (χ4v) is 6.27. The van der Waals surface area contributed by atoms with Crippen LogP contribution in [-0.4, -0.2) is 50.4 Å². The van der Waals surface area contributed by atoms with E-state index in [-0.39, 0.29) is 10.8 Å². The molecule has 4 rings (SSSR count). The Morgan fingerprint density at radius 3 is 2.21 bits per heavy atom. The smallest absolute Gasteiger partial charge is 0.261 e. The molecule has 0 saturated carbocycles. The van der Waals surface area contributed by atoms with Gasteiger partial charge in [0.25, 0.3) is 15.9 Å². The number of thiazole rings is 1. The number of hydrogen-bond acceptors (Lipinski definition) is 6.